The van der Waals surface area contributed by atoms with E-state index in [4.69, 9.17) is 21.7 Å². The Balaban J connectivity index is 1.34. The molecule has 7 nitrogen and oxygen atoms in total. The smallest absolute Gasteiger partial charge is 0.225 e. The van der Waals surface area contributed by atoms with Crippen molar-refractivity contribution in [3.63, 3.8) is 0 Å². The van der Waals surface area contributed by atoms with Crippen molar-refractivity contribution in [1.29, 1.82) is 0 Å². The molecule has 2 fully saturated rings. The lowest BCUT2D eigenvalue weighted by molar-refractivity contribution is -0.141. The van der Waals surface area contributed by atoms with Crippen molar-refractivity contribution in [3.8, 4) is 11.4 Å². The predicted molar refractivity (Wildman–Crippen MR) is 113 cm³/mol. The lowest BCUT2D eigenvalue weighted by atomic mass is 9.95. The molecule has 0 unspecified atom stereocenters. The maximum atomic E-state index is 12.7. The predicted octanol–water partition coefficient (Wildman–Crippen LogP) is 2.55. The Labute approximate surface area is 176 Å². The van der Waals surface area contributed by atoms with Gasteiger partial charge in [-0.05, 0) is 49.3 Å². The first kappa shape index (κ1) is 20.1. The molecule has 2 aliphatic heterocycles. The summed E-state index contributed by atoms with van der Waals surface area (Å²) in [6.45, 7) is 5.36. The number of piperidine rings is 1. The van der Waals surface area contributed by atoms with Crippen LogP contribution in [0.4, 0.5) is 0 Å². The van der Waals surface area contributed by atoms with Crippen LogP contribution in [0, 0.1) is 10.7 Å². The molecule has 0 radical (unpaired) electrons. The minimum Gasteiger partial charge on any atom is -0.497 e. The zero-order valence-electron chi connectivity index (χ0n) is 16.8. The largest absolute Gasteiger partial charge is 0.497 e. The number of hydrogen-bond donors (Lipinski definition) is 0. The summed E-state index contributed by atoms with van der Waals surface area (Å²) in [6, 6.07) is 7.87. The molecule has 0 saturated carbocycles. The molecule has 156 valence electrons. The van der Waals surface area contributed by atoms with Gasteiger partial charge in [0.2, 0.25) is 5.91 Å². The maximum Gasteiger partial charge on any atom is 0.225 e. The van der Waals surface area contributed by atoms with Crippen LogP contribution in [0.1, 0.15) is 12.8 Å². The highest BCUT2D eigenvalue weighted by molar-refractivity contribution is 7.71. The average Bonchev–Trinajstić information content (AvgIpc) is 3.14. The van der Waals surface area contributed by atoms with Crippen LogP contribution in [0.2, 0.25) is 0 Å². The van der Waals surface area contributed by atoms with Gasteiger partial charge in [-0.3, -0.25) is 14.3 Å². The van der Waals surface area contributed by atoms with Gasteiger partial charge in [0.15, 0.2) is 4.77 Å². The first-order valence-corrected chi connectivity index (χ1v) is 10.6. The second-order valence-electron chi connectivity index (χ2n) is 7.59. The monoisotopic (exact) mass is 416 g/mol. The van der Waals surface area contributed by atoms with Crippen LogP contribution in [0.15, 0.2) is 36.7 Å². The zero-order chi connectivity index (χ0) is 20.2. The highest BCUT2D eigenvalue weighted by atomic mass is 32.1. The number of likely N-dealkylation sites (tertiary alicyclic amines) is 1. The molecule has 29 heavy (non-hydrogen) atoms. The number of rotatable bonds is 5. The van der Waals surface area contributed by atoms with Gasteiger partial charge < -0.3 is 18.9 Å². The molecule has 0 spiro atoms. The number of carbonyl (C=O) groups excluding carboxylic acids is 1. The third-order valence-electron chi connectivity index (χ3n) is 5.81. The van der Waals surface area contributed by atoms with E-state index in [2.05, 4.69) is 9.47 Å². The van der Waals surface area contributed by atoms with Crippen molar-refractivity contribution in [1.82, 2.24) is 18.9 Å². The number of methoxy groups -OCH3 is 1. The van der Waals surface area contributed by atoms with Crippen LogP contribution >= 0.6 is 12.2 Å². The summed E-state index contributed by atoms with van der Waals surface area (Å²) in [5.74, 6) is 1.27. The van der Waals surface area contributed by atoms with Gasteiger partial charge >= 0.3 is 0 Å². The fraction of sp³-hybridized carbons (Fsp3) is 0.524. The third kappa shape index (κ3) is 4.55. The van der Waals surface area contributed by atoms with E-state index < -0.39 is 0 Å². The van der Waals surface area contributed by atoms with Gasteiger partial charge in [0.05, 0.1) is 27.0 Å². The number of nitrogens with zero attached hydrogens (tertiary/aromatic N) is 4. The van der Waals surface area contributed by atoms with E-state index >= 15 is 0 Å². The van der Waals surface area contributed by atoms with Crippen LogP contribution in [0.5, 0.6) is 5.75 Å². The van der Waals surface area contributed by atoms with E-state index in [0.717, 1.165) is 61.9 Å². The topological polar surface area (TPSA) is 51.9 Å². The molecular weight excluding hydrogens is 388 g/mol. The Kier molecular flexibility index (Phi) is 6.32. The molecule has 4 rings (SSSR count). The minimum absolute atomic E-state index is 0.140. The van der Waals surface area contributed by atoms with Gasteiger partial charge in [-0.15, -0.1) is 0 Å². The Bertz CT molecular complexity index is 878. The van der Waals surface area contributed by atoms with Crippen LogP contribution in [-0.4, -0.2) is 71.3 Å². The van der Waals surface area contributed by atoms with Crippen LogP contribution in [0.25, 0.3) is 5.69 Å². The Morgan fingerprint density at radius 3 is 2.45 bits per heavy atom. The van der Waals surface area contributed by atoms with Crippen LogP contribution < -0.4 is 4.74 Å². The lowest BCUT2D eigenvalue weighted by Gasteiger charge is -2.35. The summed E-state index contributed by atoms with van der Waals surface area (Å²) in [4.78, 5) is 17.0. The number of ether oxygens (including phenoxy) is 2. The summed E-state index contributed by atoms with van der Waals surface area (Å²) >= 11 is 5.68. The standard InChI is InChI=1S/C21H28N4O3S/c1-27-19-4-2-18(3-5-19)25-11-10-24(21(25)29)16-22-8-6-17(7-9-22)20(26)23-12-14-28-15-13-23/h2-5,10-11,17H,6-9,12-16H2,1H3. The number of hydrogen-bond acceptors (Lipinski definition) is 5. The highest BCUT2D eigenvalue weighted by Gasteiger charge is 2.29. The number of benzene rings is 1. The zero-order valence-corrected chi connectivity index (χ0v) is 17.6. The van der Waals surface area contributed by atoms with Gasteiger partial charge in [-0.1, -0.05) is 0 Å². The van der Waals surface area contributed by atoms with Crippen LogP contribution in [-0.2, 0) is 16.2 Å². The molecule has 0 aliphatic carbocycles. The number of carbonyl (C=O) groups is 1. The van der Waals surface area contributed by atoms with Crippen molar-refractivity contribution in [2.45, 2.75) is 19.5 Å². The quantitative estimate of drug-likeness (QED) is 0.701. The molecule has 3 heterocycles. The van der Waals surface area contributed by atoms with Gasteiger partial charge in [-0.25, -0.2) is 0 Å². The van der Waals surface area contributed by atoms with Gasteiger partial charge in [0, 0.05) is 50.2 Å². The summed E-state index contributed by atoms with van der Waals surface area (Å²) < 4.78 is 15.4. The van der Waals surface area contributed by atoms with E-state index in [1.54, 1.807) is 7.11 Å². The molecule has 2 aliphatic rings. The fourth-order valence-corrected chi connectivity index (χ4v) is 4.32. The molecule has 2 aromatic rings. The molecule has 0 atom stereocenters. The van der Waals surface area contributed by atoms with Crippen molar-refractivity contribution in [3.05, 3.63) is 41.4 Å². The van der Waals surface area contributed by atoms with Crippen molar-refractivity contribution >= 4 is 18.1 Å². The van der Waals surface area contributed by atoms with E-state index in [0.29, 0.717) is 19.1 Å². The number of amides is 1. The van der Waals surface area contributed by atoms with Gasteiger partial charge in [-0.2, -0.15) is 0 Å². The molecule has 1 amide bonds. The maximum absolute atomic E-state index is 12.7. The molecule has 2 saturated heterocycles. The van der Waals surface area contributed by atoms with E-state index in [1.165, 1.54) is 0 Å². The molecule has 0 N–H and O–H groups in total. The Hall–Kier alpha value is -2.16. The van der Waals surface area contributed by atoms with Crippen LogP contribution in [0.3, 0.4) is 0 Å². The van der Waals surface area contributed by atoms with E-state index in [1.807, 2.05) is 46.1 Å². The summed E-state index contributed by atoms with van der Waals surface area (Å²) in [7, 11) is 1.66. The fourth-order valence-electron chi connectivity index (χ4n) is 4.04. The molecular formula is C21H28N4O3S. The molecule has 0 bridgehead atoms. The summed E-state index contributed by atoms with van der Waals surface area (Å²) in [6.07, 6.45) is 5.84. The second kappa shape index (κ2) is 9.11. The second-order valence-corrected chi connectivity index (χ2v) is 7.96. The average molecular weight is 417 g/mol. The Morgan fingerprint density at radius 2 is 1.79 bits per heavy atom. The van der Waals surface area contributed by atoms with E-state index in [-0.39, 0.29) is 5.92 Å². The number of morpholine rings is 1. The molecule has 1 aromatic heterocycles. The van der Waals surface area contributed by atoms with Crippen molar-refractivity contribution in [2.75, 3.05) is 46.5 Å². The van der Waals surface area contributed by atoms with Gasteiger partial charge in [0.25, 0.3) is 0 Å². The molecule has 8 heteroatoms. The molecule has 1 aromatic carbocycles. The van der Waals surface area contributed by atoms with E-state index in [9.17, 15) is 4.79 Å². The normalized spacial score (nSPS) is 18.7. The number of aromatic nitrogens is 2. The minimum atomic E-state index is 0.140. The lowest BCUT2D eigenvalue weighted by Crippen LogP contribution is -2.46. The SMILES string of the molecule is COc1ccc(-n2ccn(CN3CCC(C(=O)N4CCOCC4)CC3)c2=S)cc1. The summed E-state index contributed by atoms with van der Waals surface area (Å²) in [5.41, 5.74) is 1.02. The first-order valence-electron chi connectivity index (χ1n) is 10.2. The third-order valence-corrected chi connectivity index (χ3v) is 6.24. The first-order chi connectivity index (χ1) is 14.2. The van der Waals surface area contributed by atoms with Crippen molar-refractivity contribution in [2.24, 2.45) is 5.92 Å². The summed E-state index contributed by atoms with van der Waals surface area (Å²) in [5, 5.41) is 0. The van der Waals surface area contributed by atoms with Gasteiger partial charge in [0.1, 0.15) is 5.75 Å². The highest BCUT2D eigenvalue weighted by Crippen LogP contribution is 2.21. The number of imidazole rings is 1. The van der Waals surface area contributed by atoms with Crippen molar-refractivity contribution < 1.29 is 14.3 Å². The Morgan fingerprint density at radius 1 is 1.10 bits per heavy atom.